The second kappa shape index (κ2) is 8.30. The van der Waals surface area contributed by atoms with Crippen LogP contribution in [-0.2, 0) is 14.8 Å². The molecule has 0 saturated carbocycles. The number of ether oxygens (including phenoxy) is 1. The van der Waals surface area contributed by atoms with E-state index < -0.39 is 22.6 Å². The summed E-state index contributed by atoms with van der Waals surface area (Å²) >= 11 is 9.24. The third-order valence-electron chi connectivity index (χ3n) is 3.44. The van der Waals surface area contributed by atoms with E-state index in [1.165, 1.54) is 26.2 Å². The largest absolute Gasteiger partial charge is 0.454 e. The van der Waals surface area contributed by atoms with Gasteiger partial charge in [-0.15, -0.1) is 0 Å². The summed E-state index contributed by atoms with van der Waals surface area (Å²) < 4.78 is 31.2. The number of carbonyl (C=O) groups excluding carboxylic acids is 2. The SMILES string of the molecule is CN(C)S(=O)(=O)c1ccc(Cl)c(C(=O)OCC(=O)c2ccc(Br)cc2)c1. The summed E-state index contributed by atoms with van der Waals surface area (Å²) in [6.07, 6.45) is 0. The van der Waals surface area contributed by atoms with Crippen LogP contribution in [0.4, 0.5) is 0 Å². The lowest BCUT2D eigenvalue weighted by atomic mass is 10.1. The van der Waals surface area contributed by atoms with E-state index in [1.54, 1.807) is 24.3 Å². The lowest BCUT2D eigenvalue weighted by molar-refractivity contribution is 0.0474. The fourth-order valence-electron chi connectivity index (χ4n) is 1.96. The van der Waals surface area contributed by atoms with Gasteiger partial charge in [-0.3, -0.25) is 4.79 Å². The number of benzene rings is 2. The molecule has 138 valence electrons. The molecule has 0 spiro atoms. The van der Waals surface area contributed by atoms with Crippen molar-refractivity contribution in [3.05, 3.63) is 63.1 Å². The molecule has 2 rings (SSSR count). The van der Waals surface area contributed by atoms with Crippen LogP contribution in [-0.4, -0.2) is 45.2 Å². The van der Waals surface area contributed by atoms with E-state index in [-0.39, 0.29) is 21.3 Å². The zero-order valence-corrected chi connectivity index (χ0v) is 17.1. The number of esters is 1. The average Bonchev–Trinajstić information content (AvgIpc) is 2.60. The first-order chi connectivity index (χ1) is 12.1. The molecule has 0 fully saturated rings. The highest BCUT2D eigenvalue weighted by Gasteiger charge is 2.22. The summed E-state index contributed by atoms with van der Waals surface area (Å²) in [5.74, 6) is -1.27. The number of sulfonamides is 1. The second-order valence-electron chi connectivity index (χ2n) is 5.44. The number of nitrogens with zero attached hydrogens (tertiary/aromatic N) is 1. The van der Waals surface area contributed by atoms with Crippen LogP contribution >= 0.6 is 27.5 Å². The van der Waals surface area contributed by atoms with Gasteiger partial charge in [0.15, 0.2) is 12.4 Å². The van der Waals surface area contributed by atoms with Crippen molar-refractivity contribution in [3.63, 3.8) is 0 Å². The van der Waals surface area contributed by atoms with Gasteiger partial charge in [0.1, 0.15) is 0 Å². The Morgan fingerprint density at radius 3 is 2.31 bits per heavy atom. The maximum Gasteiger partial charge on any atom is 0.340 e. The van der Waals surface area contributed by atoms with Gasteiger partial charge in [-0.25, -0.2) is 17.5 Å². The summed E-state index contributed by atoms with van der Waals surface area (Å²) in [4.78, 5) is 24.2. The van der Waals surface area contributed by atoms with Gasteiger partial charge >= 0.3 is 5.97 Å². The molecule has 0 amide bonds. The predicted octanol–water partition coefficient (Wildman–Crippen LogP) is 3.39. The van der Waals surface area contributed by atoms with Crippen molar-refractivity contribution in [2.75, 3.05) is 20.7 Å². The van der Waals surface area contributed by atoms with Crippen molar-refractivity contribution in [2.45, 2.75) is 4.90 Å². The van der Waals surface area contributed by atoms with Gasteiger partial charge in [0.2, 0.25) is 10.0 Å². The molecular formula is C17H15BrClNO5S. The summed E-state index contributed by atoms with van der Waals surface area (Å²) in [5, 5.41) is 0.0313. The molecule has 0 aliphatic heterocycles. The highest BCUT2D eigenvalue weighted by Crippen LogP contribution is 2.23. The molecule has 0 saturated heterocycles. The quantitative estimate of drug-likeness (QED) is 0.487. The number of hydrogen-bond acceptors (Lipinski definition) is 5. The molecule has 9 heteroatoms. The van der Waals surface area contributed by atoms with Gasteiger partial charge in [-0.1, -0.05) is 39.7 Å². The Kier molecular flexibility index (Phi) is 6.57. The molecule has 2 aromatic rings. The zero-order chi connectivity index (χ0) is 19.5. The monoisotopic (exact) mass is 459 g/mol. The van der Waals surface area contributed by atoms with Crippen LogP contribution in [0.15, 0.2) is 51.8 Å². The molecule has 2 aromatic carbocycles. The van der Waals surface area contributed by atoms with E-state index in [1.807, 2.05) is 0 Å². The number of Topliss-reactive ketones (excluding diaryl/α,β-unsaturated/α-hetero) is 1. The third-order valence-corrected chi connectivity index (χ3v) is 6.11. The first kappa shape index (κ1) is 20.6. The van der Waals surface area contributed by atoms with Crippen molar-refractivity contribution in [1.82, 2.24) is 4.31 Å². The standard InChI is InChI=1S/C17H15BrClNO5S/c1-20(2)26(23,24)13-7-8-15(19)14(9-13)17(22)25-10-16(21)11-3-5-12(18)6-4-11/h3-9H,10H2,1-2H3. The van der Waals surface area contributed by atoms with Gasteiger partial charge in [0, 0.05) is 24.1 Å². The van der Waals surface area contributed by atoms with Crippen molar-refractivity contribution in [2.24, 2.45) is 0 Å². The van der Waals surface area contributed by atoms with Gasteiger partial charge in [-0.2, -0.15) is 0 Å². The highest BCUT2D eigenvalue weighted by atomic mass is 79.9. The summed E-state index contributed by atoms with van der Waals surface area (Å²) in [6.45, 7) is -0.485. The Morgan fingerprint density at radius 1 is 1.12 bits per heavy atom. The Morgan fingerprint density at radius 2 is 1.73 bits per heavy atom. The van der Waals surface area contributed by atoms with Crippen molar-refractivity contribution in [1.29, 1.82) is 0 Å². The van der Waals surface area contributed by atoms with Crippen LogP contribution in [0, 0.1) is 0 Å². The number of halogens is 2. The van der Waals surface area contributed by atoms with E-state index in [4.69, 9.17) is 16.3 Å². The Balaban J connectivity index is 2.17. The van der Waals surface area contributed by atoms with Crippen molar-refractivity contribution < 1.29 is 22.7 Å². The molecule has 0 N–H and O–H groups in total. The first-order valence-electron chi connectivity index (χ1n) is 7.31. The molecule has 0 unspecified atom stereocenters. The molecule has 0 aliphatic carbocycles. The third kappa shape index (κ3) is 4.70. The molecule has 0 aliphatic rings. The summed E-state index contributed by atoms with van der Waals surface area (Å²) in [7, 11) is -0.985. The van der Waals surface area contributed by atoms with Crippen LogP contribution in [0.1, 0.15) is 20.7 Å². The van der Waals surface area contributed by atoms with Crippen LogP contribution in [0.3, 0.4) is 0 Å². The summed E-state index contributed by atoms with van der Waals surface area (Å²) in [5.41, 5.74) is 0.259. The lowest BCUT2D eigenvalue weighted by Gasteiger charge is -2.13. The van der Waals surface area contributed by atoms with Gasteiger partial charge < -0.3 is 4.74 Å². The molecule has 0 bridgehead atoms. The van der Waals surface area contributed by atoms with Crippen LogP contribution in [0.25, 0.3) is 0 Å². The number of carbonyl (C=O) groups is 2. The van der Waals surface area contributed by atoms with Crippen LogP contribution < -0.4 is 0 Å². The van der Waals surface area contributed by atoms with Crippen molar-refractivity contribution >= 4 is 49.3 Å². The minimum atomic E-state index is -3.73. The van der Waals surface area contributed by atoms with Crippen LogP contribution in [0.5, 0.6) is 0 Å². The van der Waals surface area contributed by atoms with E-state index in [9.17, 15) is 18.0 Å². The Labute approximate surface area is 164 Å². The molecule has 0 radical (unpaired) electrons. The van der Waals surface area contributed by atoms with E-state index in [0.29, 0.717) is 5.56 Å². The normalized spacial score (nSPS) is 11.4. The molecule has 0 heterocycles. The number of hydrogen-bond donors (Lipinski definition) is 0. The van der Waals surface area contributed by atoms with E-state index in [2.05, 4.69) is 15.9 Å². The van der Waals surface area contributed by atoms with E-state index >= 15 is 0 Å². The maximum atomic E-state index is 12.2. The molecule has 6 nitrogen and oxygen atoms in total. The Bertz CT molecular complexity index is 942. The minimum Gasteiger partial charge on any atom is -0.454 e. The lowest BCUT2D eigenvalue weighted by Crippen LogP contribution is -2.22. The highest BCUT2D eigenvalue weighted by molar-refractivity contribution is 9.10. The summed E-state index contributed by atoms with van der Waals surface area (Å²) in [6, 6.07) is 10.3. The van der Waals surface area contributed by atoms with Gasteiger partial charge in [0.25, 0.3) is 0 Å². The molecule has 26 heavy (non-hydrogen) atoms. The fraction of sp³-hybridized carbons (Fsp3) is 0.176. The number of ketones is 1. The molecule has 0 atom stereocenters. The second-order valence-corrected chi connectivity index (χ2v) is 8.91. The van der Waals surface area contributed by atoms with Gasteiger partial charge in [0.05, 0.1) is 15.5 Å². The topological polar surface area (TPSA) is 80.8 Å². The predicted molar refractivity (Wildman–Crippen MR) is 101 cm³/mol. The smallest absolute Gasteiger partial charge is 0.340 e. The number of rotatable bonds is 6. The van der Waals surface area contributed by atoms with E-state index in [0.717, 1.165) is 14.8 Å². The Hall–Kier alpha value is -1.74. The minimum absolute atomic E-state index is 0.0313. The zero-order valence-electron chi connectivity index (χ0n) is 13.9. The van der Waals surface area contributed by atoms with Crippen LogP contribution in [0.2, 0.25) is 5.02 Å². The molecular weight excluding hydrogens is 446 g/mol. The fourth-order valence-corrected chi connectivity index (χ4v) is 3.35. The first-order valence-corrected chi connectivity index (χ1v) is 9.92. The average molecular weight is 461 g/mol. The van der Waals surface area contributed by atoms with Gasteiger partial charge in [-0.05, 0) is 30.3 Å². The maximum absolute atomic E-state index is 12.2. The molecule has 0 aromatic heterocycles. The van der Waals surface area contributed by atoms with Crippen molar-refractivity contribution in [3.8, 4) is 0 Å².